The number of methoxy groups -OCH3 is 1. The summed E-state index contributed by atoms with van der Waals surface area (Å²) in [4.78, 5) is 17.9. The first-order valence-corrected chi connectivity index (χ1v) is 12.0. The van der Waals surface area contributed by atoms with E-state index in [1.807, 2.05) is 18.2 Å². The van der Waals surface area contributed by atoms with Gasteiger partial charge in [-0.1, -0.05) is 97.1 Å². The second-order valence-corrected chi connectivity index (χ2v) is 9.14. The van der Waals surface area contributed by atoms with Crippen molar-refractivity contribution in [3.05, 3.63) is 136 Å². The Morgan fingerprint density at radius 3 is 1.85 bits per heavy atom. The molecule has 172 valence electrons. The summed E-state index contributed by atoms with van der Waals surface area (Å²) in [7, 11) is 1.38. The monoisotopic (exact) mass is 468 g/mol. The van der Waals surface area contributed by atoms with Crippen LogP contribution in [0.3, 0.4) is 0 Å². The predicted molar refractivity (Wildman–Crippen MR) is 138 cm³/mol. The third-order valence-electron chi connectivity index (χ3n) is 5.85. The highest BCUT2D eigenvalue weighted by molar-refractivity contribution is 7.12. The zero-order valence-corrected chi connectivity index (χ0v) is 20.2. The summed E-state index contributed by atoms with van der Waals surface area (Å²) in [5.41, 5.74) is 3.10. The molecule has 0 saturated heterocycles. The average Bonchev–Trinajstić information content (AvgIpc) is 3.32. The summed E-state index contributed by atoms with van der Waals surface area (Å²) in [5, 5.41) is 4.73. The molecule has 0 aliphatic rings. The van der Waals surface area contributed by atoms with Crippen molar-refractivity contribution in [3.63, 3.8) is 0 Å². The lowest BCUT2D eigenvalue weighted by molar-refractivity contribution is 0.0593. The first-order valence-electron chi connectivity index (χ1n) is 11.2. The Bertz CT molecular complexity index is 1140. The number of hydrogen-bond donors (Lipinski definition) is 1. The van der Waals surface area contributed by atoms with Crippen LogP contribution in [0.5, 0.6) is 0 Å². The Kier molecular flexibility index (Phi) is 7.36. The number of aromatic nitrogens is 1. The summed E-state index contributed by atoms with van der Waals surface area (Å²) < 4.78 is 4.98. The molecule has 4 aromatic rings. The van der Waals surface area contributed by atoms with Gasteiger partial charge in [0.25, 0.3) is 0 Å². The Balaban J connectivity index is 1.87. The lowest BCUT2D eigenvalue weighted by Crippen LogP contribution is -2.45. The van der Waals surface area contributed by atoms with Gasteiger partial charge in [-0.25, -0.2) is 9.78 Å². The van der Waals surface area contributed by atoms with Crippen LogP contribution in [0.1, 0.15) is 50.0 Å². The Labute approximate surface area is 205 Å². The first kappa shape index (κ1) is 23.6. The van der Waals surface area contributed by atoms with Crippen molar-refractivity contribution in [2.24, 2.45) is 0 Å². The third kappa shape index (κ3) is 4.58. The molecule has 1 atom stereocenters. The molecule has 34 heavy (non-hydrogen) atoms. The van der Waals surface area contributed by atoms with Gasteiger partial charge in [0.2, 0.25) is 0 Å². The number of nitrogens with one attached hydrogen (secondary N) is 1. The molecule has 0 aliphatic carbocycles. The standard InChI is InChI=1S/C29H28N2O2S/c1-4-14-25-26(28(32)33-3)30-27(34-25)21(2)31-29(22-15-8-5-9-16-22,23-17-10-6-11-18-23)24-19-12-7-13-20-24/h4-13,15-21,31H,1,14H2,2-3H3/t21-/m0/s1. The fraction of sp³-hybridized carbons (Fsp3) is 0.172. The van der Waals surface area contributed by atoms with Crippen LogP contribution < -0.4 is 5.32 Å². The molecule has 0 aliphatic heterocycles. The maximum Gasteiger partial charge on any atom is 0.357 e. The first-order chi connectivity index (χ1) is 16.6. The van der Waals surface area contributed by atoms with E-state index in [1.54, 1.807) is 6.08 Å². The van der Waals surface area contributed by atoms with Crippen molar-refractivity contribution in [2.75, 3.05) is 7.11 Å². The molecule has 3 aromatic carbocycles. The number of thiazole rings is 1. The second kappa shape index (κ2) is 10.6. The van der Waals surface area contributed by atoms with Crippen molar-refractivity contribution in [3.8, 4) is 0 Å². The molecule has 0 bridgehead atoms. The average molecular weight is 469 g/mol. The molecular formula is C29H28N2O2S. The summed E-state index contributed by atoms with van der Waals surface area (Å²) >= 11 is 1.52. The van der Waals surface area contributed by atoms with Crippen LogP contribution in [-0.4, -0.2) is 18.1 Å². The minimum Gasteiger partial charge on any atom is -0.464 e. The van der Waals surface area contributed by atoms with Crippen LogP contribution in [0.15, 0.2) is 104 Å². The number of hydrogen-bond acceptors (Lipinski definition) is 5. The number of carbonyl (C=O) groups is 1. The van der Waals surface area contributed by atoms with Crippen LogP contribution in [0, 0.1) is 0 Å². The van der Waals surface area contributed by atoms with E-state index in [2.05, 4.69) is 91.6 Å². The smallest absolute Gasteiger partial charge is 0.357 e. The van der Waals surface area contributed by atoms with Crippen molar-refractivity contribution in [2.45, 2.75) is 24.9 Å². The quantitative estimate of drug-likeness (QED) is 0.178. The van der Waals surface area contributed by atoms with Crippen molar-refractivity contribution < 1.29 is 9.53 Å². The van der Waals surface area contributed by atoms with Gasteiger partial charge in [0, 0.05) is 11.3 Å². The Morgan fingerprint density at radius 2 is 1.44 bits per heavy atom. The minimum atomic E-state index is -0.626. The number of nitrogens with zero attached hydrogens (tertiary/aromatic N) is 1. The molecule has 1 N–H and O–H groups in total. The van der Waals surface area contributed by atoms with Gasteiger partial charge in [-0.05, 0) is 23.6 Å². The zero-order chi connectivity index (χ0) is 24.0. The highest BCUT2D eigenvalue weighted by Gasteiger charge is 2.38. The molecule has 4 nitrogen and oxygen atoms in total. The molecule has 1 heterocycles. The zero-order valence-electron chi connectivity index (χ0n) is 19.4. The maximum atomic E-state index is 12.4. The molecular weight excluding hydrogens is 440 g/mol. The second-order valence-electron chi connectivity index (χ2n) is 8.02. The van der Waals surface area contributed by atoms with Crippen molar-refractivity contribution in [1.82, 2.24) is 10.3 Å². The number of allylic oxidation sites excluding steroid dienone is 1. The molecule has 0 fully saturated rings. The minimum absolute atomic E-state index is 0.160. The van der Waals surface area contributed by atoms with Gasteiger partial charge >= 0.3 is 5.97 Å². The highest BCUT2D eigenvalue weighted by atomic mass is 32.1. The lowest BCUT2D eigenvalue weighted by atomic mass is 9.76. The number of rotatable bonds is 9. The van der Waals surface area contributed by atoms with Crippen LogP contribution in [0.4, 0.5) is 0 Å². The van der Waals surface area contributed by atoms with Gasteiger partial charge in [-0.15, -0.1) is 17.9 Å². The predicted octanol–water partition coefficient (Wildman–Crippen LogP) is 6.30. The molecule has 5 heteroatoms. The third-order valence-corrected chi connectivity index (χ3v) is 7.11. The van der Waals surface area contributed by atoms with Gasteiger partial charge in [-0.3, -0.25) is 5.32 Å². The summed E-state index contributed by atoms with van der Waals surface area (Å²) in [6.45, 7) is 5.91. The summed E-state index contributed by atoms with van der Waals surface area (Å²) in [6, 6.07) is 31.1. The van der Waals surface area contributed by atoms with E-state index in [0.717, 1.165) is 26.6 Å². The van der Waals surface area contributed by atoms with Crippen molar-refractivity contribution >= 4 is 17.3 Å². The normalized spacial score (nSPS) is 12.2. The summed E-state index contributed by atoms with van der Waals surface area (Å²) in [6.07, 6.45) is 2.35. The number of benzene rings is 3. The lowest BCUT2D eigenvalue weighted by Gasteiger charge is -2.39. The van der Waals surface area contributed by atoms with E-state index < -0.39 is 11.5 Å². The molecule has 0 unspecified atom stereocenters. The van der Waals surface area contributed by atoms with E-state index in [0.29, 0.717) is 12.1 Å². The maximum absolute atomic E-state index is 12.4. The van der Waals surface area contributed by atoms with Crippen LogP contribution in [0.2, 0.25) is 0 Å². The van der Waals surface area contributed by atoms with Gasteiger partial charge in [0.1, 0.15) is 5.01 Å². The van der Waals surface area contributed by atoms with E-state index in [4.69, 9.17) is 9.72 Å². The highest BCUT2D eigenvalue weighted by Crippen LogP contribution is 2.39. The SMILES string of the molecule is C=CCc1sc([C@H](C)NC(c2ccccc2)(c2ccccc2)c2ccccc2)nc1C(=O)OC. The number of ether oxygens (including phenoxy) is 1. The van der Waals surface area contributed by atoms with Gasteiger partial charge < -0.3 is 4.74 Å². The fourth-order valence-electron chi connectivity index (χ4n) is 4.28. The molecule has 0 radical (unpaired) electrons. The van der Waals surface area contributed by atoms with E-state index >= 15 is 0 Å². The topological polar surface area (TPSA) is 51.2 Å². The van der Waals surface area contributed by atoms with Crippen LogP contribution in [-0.2, 0) is 16.7 Å². The molecule has 0 amide bonds. The van der Waals surface area contributed by atoms with E-state index in [9.17, 15) is 4.79 Å². The van der Waals surface area contributed by atoms with E-state index in [1.165, 1.54) is 18.4 Å². The van der Waals surface area contributed by atoms with Crippen LogP contribution in [0.25, 0.3) is 0 Å². The Morgan fingerprint density at radius 1 is 0.971 bits per heavy atom. The molecule has 0 saturated carbocycles. The molecule has 1 aromatic heterocycles. The number of carbonyl (C=O) groups excluding carboxylic acids is 1. The number of esters is 1. The van der Waals surface area contributed by atoms with E-state index in [-0.39, 0.29) is 6.04 Å². The van der Waals surface area contributed by atoms with Gasteiger partial charge in [-0.2, -0.15) is 0 Å². The van der Waals surface area contributed by atoms with Crippen molar-refractivity contribution in [1.29, 1.82) is 0 Å². The summed E-state index contributed by atoms with van der Waals surface area (Å²) in [5.74, 6) is -0.424. The largest absolute Gasteiger partial charge is 0.464 e. The Hall–Kier alpha value is -3.54. The fourth-order valence-corrected chi connectivity index (χ4v) is 5.33. The van der Waals surface area contributed by atoms with Crippen LogP contribution >= 0.6 is 11.3 Å². The van der Waals surface area contributed by atoms with Gasteiger partial charge in [0.15, 0.2) is 5.69 Å². The molecule has 0 spiro atoms. The van der Waals surface area contributed by atoms with Gasteiger partial charge in [0.05, 0.1) is 18.7 Å². The molecule has 4 rings (SSSR count).